The van der Waals surface area contributed by atoms with Crippen LogP contribution in [-0.4, -0.2) is 16.5 Å². The SMILES string of the molecule is C[C@@H](CNCc1cncnc1)c1ccc(C(F)(F)F)cc1. The Morgan fingerprint density at radius 1 is 1.10 bits per heavy atom. The summed E-state index contributed by atoms with van der Waals surface area (Å²) in [6, 6.07) is 5.30. The number of nitrogens with zero attached hydrogens (tertiary/aromatic N) is 2. The first-order chi connectivity index (χ1) is 9.97. The van der Waals surface area contributed by atoms with Crippen molar-refractivity contribution in [3.63, 3.8) is 0 Å². The Bertz CT molecular complexity index is 553. The largest absolute Gasteiger partial charge is 0.416 e. The normalized spacial score (nSPS) is 13.1. The van der Waals surface area contributed by atoms with Crippen molar-refractivity contribution in [3.8, 4) is 0 Å². The maximum atomic E-state index is 12.5. The molecule has 1 aromatic heterocycles. The minimum Gasteiger partial charge on any atom is -0.312 e. The average Bonchev–Trinajstić information content (AvgIpc) is 2.47. The lowest BCUT2D eigenvalue weighted by molar-refractivity contribution is -0.137. The van der Waals surface area contributed by atoms with Gasteiger partial charge in [-0.1, -0.05) is 19.1 Å². The Balaban J connectivity index is 1.87. The molecule has 0 saturated heterocycles. The number of nitrogens with one attached hydrogen (secondary N) is 1. The molecule has 1 N–H and O–H groups in total. The summed E-state index contributed by atoms with van der Waals surface area (Å²) in [5.41, 5.74) is 1.23. The summed E-state index contributed by atoms with van der Waals surface area (Å²) in [6.45, 7) is 3.27. The van der Waals surface area contributed by atoms with Gasteiger partial charge in [0.05, 0.1) is 5.56 Å². The lowest BCUT2D eigenvalue weighted by Gasteiger charge is -2.14. The summed E-state index contributed by atoms with van der Waals surface area (Å²) in [7, 11) is 0. The molecule has 0 fully saturated rings. The maximum Gasteiger partial charge on any atom is 0.416 e. The molecule has 0 radical (unpaired) electrons. The molecule has 0 aliphatic heterocycles. The van der Waals surface area contributed by atoms with Crippen LogP contribution in [0.15, 0.2) is 43.0 Å². The molecule has 0 aliphatic carbocycles. The van der Waals surface area contributed by atoms with Crippen molar-refractivity contribution in [2.75, 3.05) is 6.54 Å². The summed E-state index contributed by atoms with van der Waals surface area (Å²) in [6.07, 6.45) is 0.632. The van der Waals surface area contributed by atoms with Gasteiger partial charge in [0, 0.05) is 31.0 Å². The molecular formula is C15H16F3N3. The summed E-state index contributed by atoms with van der Waals surface area (Å²) in [4.78, 5) is 7.83. The summed E-state index contributed by atoms with van der Waals surface area (Å²) < 4.78 is 37.5. The molecule has 6 heteroatoms. The van der Waals surface area contributed by atoms with Gasteiger partial charge in [-0.25, -0.2) is 9.97 Å². The number of benzene rings is 1. The van der Waals surface area contributed by atoms with Crippen LogP contribution >= 0.6 is 0 Å². The molecule has 1 atom stereocenters. The topological polar surface area (TPSA) is 37.8 Å². The fourth-order valence-electron chi connectivity index (χ4n) is 1.97. The number of aromatic nitrogens is 2. The van der Waals surface area contributed by atoms with Crippen LogP contribution in [0, 0.1) is 0 Å². The zero-order valence-electron chi connectivity index (χ0n) is 11.6. The van der Waals surface area contributed by atoms with Crippen LogP contribution in [-0.2, 0) is 12.7 Å². The Kier molecular flexibility index (Phi) is 4.90. The molecule has 0 bridgehead atoms. The molecule has 1 aromatic carbocycles. The minimum atomic E-state index is -4.28. The Morgan fingerprint density at radius 3 is 2.29 bits per heavy atom. The molecular weight excluding hydrogens is 279 g/mol. The number of hydrogen-bond donors (Lipinski definition) is 1. The molecule has 21 heavy (non-hydrogen) atoms. The third kappa shape index (κ3) is 4.53. The van der Waals surface area contributed by atoms with Gasteiger partial charge in [-0.15, -0.1) is 0 Å². The average molecular weight is 295 g/mol. The highest BCUT2D eigenvalue weighted by molar-refractivity contribution is 5.27. The van der Waals surface area contributed by atoms with E-state index in [0.717, 1.165) is 23.3 Å². The Hall–Kier alpha value is -1.95. The number of rotatable bonds is 5. The zero-order chi connectivity index (χ0) is 15.3. The number of alkyl halides is 3. The van der Waals surface area contributed by atoms with E-state index in [4.69, 9.17) is 0 Å². The minimum absolute atomic E-state index is 0.122. The van der Waals surface area contributed by atoms with E-state index in [2.05, 4.69) is 15.3 Å². The molecule has 0 unspecified atom stereocenters. The Labute approximate surface area is 121 Å². The molecule has 3 nitrogen and oxygen atoms in total. The fourth-order valence-corrected chi connectivity index (χ4v) is 1.97. The first-order valence-corrected chi connectivity index (χ1v) is 6.58. The van der Waals surface area contributed by atoms with Crippen LogP contribution in [0.2, 0.25) is 0 Å². The highest BCUT2D eigenvalue weighted by Gasteiger charge is 2.30. The number of hydrogen-bond acceptors (Lipinski definition) is 3. The van der Waals surface area contributed by atoms with Crippen molar-refractivity contribution in [2.24, 2.45) is 0 Å². The van der Waals surface area contributed by atoms with Crippen molar-refractivity contribution < 1.29 is 13.2 Å². The van der Waals surface area contributed by atoms with Gasteiger partial charge in [0.2, 0.25) is 0 Å². The molecule has 0 amide bonds. The van der Waals surface area contributed by atoms with E-state index >= 15 is 0 Å². The van der Waals surface area contributed by atoms with E-state index in [1.54, 1.807) is 12.4 Å². The van der Waals surface area contributed by atoms with Crippen molar-refractivity contribution in [2.45, 2.75) is 25.6 Å². The van der Waals surface area contributed by atoms with Gasteiger partial charge in [0.1, 0.15) is 6.33 Å². The van der Waals surface area contributed by atoms with E-state index in [9.17, 15) is 13.2 Å². The van der Waals surface area contributed by atoms with Crippen LogP contribution in [0.1, 0.15) is 29.5 Å². The molecule has 2 aromatic rings. The third-order valence-electron chi connectivity index (χ3n) is 3.20. The molecule has 0 saturated carbocycles. The van der Waals surface area contributed by atoms with Gasteiger partial charge in [0.15, 0.2) is 0 Å². The van der Waals surface area contributed by atoms with E-state index in [0.29, 0.717) is 13.1 Å². The first kappa shape index (κ1) is 15.4. The van der Waals surface area contributed by atoms with Crippen molar-refractivity contribution >= 4 is 0 Å². The standard InChI is InChI=1S/C15H16F3N3/c1-11(6-19-7-12-8-20-10-21-9-12)13-2-4-14(5-3-13)15(16,17)18/h2-5,8-11,19H,6-7H2,1H3/t11-/m0/s1. The quantitative estimate of drug-likeness (QED) is 0.919. The third-order valence-corrected chi connectivity index (χ3v) is 3.20. The molecule has 2 rings (SSSR count). The lowest BCUT2D eigenvalue weighted by Crippen LogP contribution is -2.20. The maximum absolute atomic E-state index is 12.5. The lowest BCUT2D eigenvalue weighted by atomic mass is 9.99. The van der Waals surface area contributed by atoms with Crippen LogP contribution < -0.4 is 5.32 Å². The van der Waals surface area contributed by atoms with Gasteiger partial charge in [-0.05, 0) is 23.6 Å². The monoisotopic (exact) mass is 295 g/mol. The van der Waals surface area contributed by atoms with E-state index < -0.39 is 11.7 Å². The highest BCUT2D eigenvalue weighted by atomic mass is 19.4. The van der Waals surface area contributed by atoms with E-state index in [1.165, 1.54) is 18.5 Å². The first-order valence-electron chi connectivity index (χ1n) is 6.58. The van der Waals surface area contributed by atoms with Crippen LogP contribution in [0.3, 0.4) is 0 Å². The molecule has 112 valence electrons. The highest BCUT2D eigenvalue weighted by Crippen LogP contribution is 2.30. The fraction of sp³-hybridized carbons (Fsp3) is 0.333. The van der Waals surface area contributed by atoms with Crippen molar-refractivity contribution in [1.82, 2.24) is 15.3 Å². The van der Waals surface area contributed by atoms with Gasteiger partial charge >= 0.3 is 6.18 Å². The summed E-state index contributed by atoms with van der Waals surface area (Å²) >= 11 is 0. The van der Waals surface area contributed by atoms with E-state index in [1.807, 2.05) is 6.92 Å². The van der Waals surface area contributed by atoms with Crippen LogP contribution in [0.4, 0.5) is 13.2 Å². The molecule has 1 heterocycles. The molecule has 0 aliphatic rings. The number of halogens is 3. The van der Waals surface area contributed by atoms with Gasteiger partial charge in [-0.2, -0.15) is 13.2 Å². The van der Waals surface area contributed by atoms with Crippen LogP contribution in [0.5, 0.6) is 0 Å². The van der Waals surface area contributed by atoms with Crippen molar-refractivity contribution in [3.05, 3.63) is 59.7 Å². The predicted octanol–water partition coefficient (Wildman–Crippen LogP) is 3.39. The Morgan fingerprint density at radius 2 is 1.71 bits per heavy atom. The summed E-state index contributed by atoms with van der Waals surface area (Å²) in [5.74, 6) is 0.122. The van der Waals surface area contributed by atoms with Gasteiger partial charge in [-0.3, -0.25) is 0 Å². The predicted molar refractivity (Wildman–Crippen MR) is 73.6 cm³/mol. The summed E-state index contributed by atoms with van der Waals surface area (Å²) in [5, 5.41) is 3.24. The second-order valence-corrected chi connectivity index (χ2v) is 4.90. The van der Waals surface area contributed by atoms with Gasteiger partial charge in [0.25, 0.3) is 0 Å². The zero-order valence-corrected chi connectivity index (χ0v) is 11.6. The van der Waals surface area contributed by atoms with Crippen LogP contribution in [0.25, 0.3) is 0 Å². The smallest absolute Gasteiger partial charge is 0.312 e. The van der Waals surface area contributed by atoms with E-state index in [-0.39, 0.29) is 5.92 Å². The second kappa shape index (κ2) is 6.67. The second-order valence-electron chi connectivity index (χ2n) is 4.90. The van der Waals surface area contributed by atoms with Crippen molar-refractivity contribution in [1.29, 1.82) is 0 Å². The van der Waals surface area contributed by atoms with Gasteiger partial charge < -0.3 is 5.32 Å². The molecule has 0 spiro atoms.